The Kier molecular flexibility index (Phi) is 3.78. The molecule has 0 saturated carbocycles. The van der Waals surface area contributed by atoms with Crippen molar-refractivity contribution in [2.75, 3.05) is 11.9 Å². The maximum absolute atomic E-state index is 11.4. The lowest BCUT2D eigenvalue weighted by molar-refractivity contribution is 0.388. The number of anilines is 1. The van der Waals surface area contributed by atoms with Crippen LogP contribution in [-0.2, 0) is 6.42 Å². The van der Waals surface area contributed by atoms with Crippen molar-refractivity contribution in [3.8, 4) is 0 Å². The van der Waals surface area contributed by atoms with Gasteiger partial charge in [0.1, 0.15) is 11.6 Å². The number of piperidine rings is 1. The Labute approximate surface area is 101 Å². The van der Waals surface area contributed by atoms with E-state index in [-0.39, 0.29) is 5.56 Å². The lowest BCUT2D eigenvalue weighted by Crippen LogP contribution is -2.46. The van der Waals surface area contributed by atoms with Gasteiger partial charge in [-0.15, -0.1) is 0 Å². The summed E-state index contributed by atoms with van der Waals surface area (Å²) in [5, 5.41) is 6.77. The number of aromatic amines is 1. The van der Waals surface area contributed by atoms with Crippen LogP contribution in [0, 0.1) is 0 Å². The van der Waals surface area contributed by atoms with Crippen molar-refractivity contribution in [3.63, 3.8) is 0 Å². The summed E-state index contributed by atoms with van der Waals surface area (Å²) in [5.41, 5.74) is -0.0872. The number of hydrogen-bond acceptors (Lipinski definition) is 4. The molecule has 1 aliphatic rings. The predicted octanol–water partition coefficient (Wildman–Crippen LogP) is 0.885. The molecule has 1 fully saturated rings. The second-order valence-electron chi connectivity index (χ2n) is 4.57. The van der Waals surface area contributed by atoms with Gasteiger partial charge in [0.2, 0.25) is 0 Å². The zero-order valence-electron chi connectivity index (χ0n) is 10.4. The van der Waals surface area contributed by atoms with Gasteiger partial charge in [-0.2, -0.15) is 0 Å². The summed E-state index contributed by atoms with van der Waals surface area (Å²) in [6.45, 7) is 5.21. The molecule has 5 nitrogen and oxygen atoms in total. The molecule has 2 unspecified atom stereocenters. The molecule has 0 aliphatic carbocycles. The maximum Gasteiger partial charge on any atom is 0.252 e. The van der Waals surface area contributed by atoms with Crippen LogP contribution < -0.4 is 16.2 Å². The van der Waals surface area contributed by atoms with E-state index in [0.717, 1.165) is 31.6 Å². The first-order valence-electron chi connectivity index (χ1n) is 6.29. The summed E-state index contributed by atoms with van der Waals surface area (Å²) in [6, 6.07) is 2.29. The molecule has 0 bridgehead atoms. The van der Waals surface area contributed by atoms with E-state index >= 15 is 0 Å². The number of H-pyrrole nitrogens is 1. The van der Waals surface area contributed by atoms with Gasteiger partial charge in [0, 0.05) is 24.6 Å². The summed E-state index contributed by atoms with van der Waals surface area (Å²) >= 11 is 0. The Morgan fingerprint density at radius 2 is 2.41 bits per heavy atom. The van der Waals surface area contributed by atoms with Crippen LogP contribution in [0.5, 0.6) is 0 Å². The Morgan fingerprint density at radius 1 is 1.59 bits per heavy atom. The van der Waals surface area contributed by atoms with Gasteiger partial charge < -0.3 is 15.6 Å². The van der Waals surface area contributed by atoms with E-state index in [0.29, 0.717) is 17.9 Å². The van der Waals surface area contributed by atoms with Crippen LogP contribution in [0.15, 0.2) is 10.9 Å². The van der Waals surface area contributed by atoms with Gasteiger partial charge in [-0.25, -0.2) is 4.98 Å². The Bertz CT molecular complexity index is 429. The molecule has 0 spiro atoms. The van der Waals surface area contributed by atoms with Crippen molar-refractivity contribution in [2.24, 2.45) is 0 Å². The second kappa shape index (κ2) is 5.31. The predicted molar refractivity (Wildman–Crippen MR) is 68.3 cm³/mol. The molecular formula is C12H20N4O. The molecule has 1 aliphatic heterocycles. The number of rotatable bonds is 3. The third kappa shape index (κ3) is 3.06. The van der Waals surface area contributed by atoms with E-state index in [1.165, 1.54) is 6.07 Å². The van der Waals surface area contributed by atoms with Crippen LogP contribution in [-0.4, -0.2) is 28.6 Å². The molecule has 94 valence electrons. The zero-order valence-corrected chi connectivity index (χ0v) is 10.4. The van der Waals surface area contributed by atoms with Gasteiger partial charge in [-0.05, 0) is 26.3 Å². The summed E-state index contributed by atoms with van der Waals surface area (Å²) in [4.78, 5) is 18.6. The number of hydrogen-bond donors (Lipinski definition) is 3. The molecule has 2 atom stereocenters. The van der Waals surface area contributed by atoms with E-state index in [1.54, 1.807) is 0 Å². The smallest absolute Gasteiger partial charge is 0.252 e. The summed E-state index contributed by atoms with van der Waals surface area (Å²) < 4.78 is 0. The molecule has 3 N–H and O–H groups in total. The van der Waals surface area contributed by atoms with Crippen LogP contribution in [0.2, 0.25) is 0 Å². The van der Waals surface area contributed by atoms with Gasteiger partial charge in [0.25, 0.3) is 5.56 Å². The Hall–Kier alpha value is -1.36. The highest BCUT2D eigenvalue weighted by atomic mass is 16.1. The molecule has 2 rings (SSSR count). The van der Waals surface area contributed by atoms with E-state index in [2.05, 4.69) is 27.5 Å². The van der Waals surface area contributed by atoms with Crippen LogP contribution in [0.3, 0.4) is 0 Å². The minimum Gasteiger partial charge on any atom is -0.366 e. The average Bonchev–Trinajstić information content (AvgIpc) is 2.31. The van der Waals surface area contributed by atoms with Crippen molar-refractivity contribution >= 4 is 5.82 Å². The number of aromatic nitrogens is 2. The highest BCUT2D eigenvalue weighted by molar-refractivity contribution is 5.35. The summed E-state index contributed by atoms with van der Waals surface area (Å²) in [5.74, 6) is 1.42. The van der Waals surface area contributed by atoms with Crippen LogP contribution in [0.1, 0.15) is 32.5 Å². The largest absolute Gasteiger partial charge is 0.366 e. The molecular weight excluding hydrogens is 216 g/mol. The molecule has 1 aromatic heterocycles. The van der Waals surface area contributed by atoms with E-state index in [9.17, 15) is 4.79 Å². The highest BCUT2D eigenvalue weighted by Gasteiger charge is 2.20. The topological polar surface area (TPSA) is 69.8 Å². The van der Waals surface area contributed by atoms with Gasteiger partial charge in [-0.3, -0.25) is 4.79 Å². The molecule has 2 heterocycles. The zero-order chi connectivity index (χ0) is 12.3. The van der Waals surface area contributed by atoms with Crippen molar-refractivity contribution in [2.45, 2.75) is 45.2 Å². The molecule has 17 heavy (non-hydrogen) atoms. The fourth-order valence-electron chi connectivity index (χ4n) is 2.18. The first-order valence-corrected chi connectivity index (χ1v) is 6.29. The standard InChI is InChI=1S/C12H20N4O/c1-3-10-15-11(7-12(17)16-10)14-9-5-4-6-13-8(9)2/h7-9,13H,3-6H2,1-2H3,(H2,14,15,16,17). The maximum atomic E-state index is 11.4. The minimum absolute atomic E-state index is 0.0872. The lowest BCUT2D eigenvalue weighted by Gasteiger charge is -2.31. The van der Waals surface area contributed by atoms with E-state index in [4.69, 9.17) is 0 Å². The van der Waals surface area contributed by atoms with E-state index in [1.807, 2.05) is 6.92 Å². The monoisotopic (exact) mass is 236 g/mol. The minimum atomic E-state index is -0.0872. The highest BCUT2D eigenvalue weighted by Crippen LogP contribution is 2.13. The van der Waals surface area contributed by atoms with Crippen molar-refractivity contribution in [3.05, 3.63) is 22.2 Å². The second-order valence-corrected chi connectivity index (χ2v) is 4.57. The van der Waals surface area contributed by atoms with Gasteiger partial charge >= 0.3 is 0 Å². The fourth-order valence-corrected chi connectivity index (χ4v) is 2.18. The number of nitrogens with one attached hydrogen (secondary N) is 3. The normalized spacial score (nSPS) is 24.6. The molecule has 1 aromatic rings. The molecule has 0 amide bonds. The van der Waals surface area contributed by atoms with Crippen LogP contribution >= 0.6 is 0 Å². The fraction of sp³-hybridized carbons (Fsp3) is 0.667. The molecule has 0 aromatic carbocycles. The first-order chi connectivity index (χ1) is 8.19. The van der Waals surface area contributed by atoms with Crippen LogP contribution in [0.25, 0.3) is 0 Å². The van der Waals surface area contributed by atoms with Crippen molar-refractivity contribution in [1.82, 2.24) is 15.3 Å². The molecule has 0 radical (unpaired) electrons. The molecule has 5 heteroatoms. The third-order valence-electron chi connectivity index (χ3n) is 3.22. The Balaban J connectivity index is 2.11. The van der Waals surface area contributed by atoms with Gasteiger partial charge in [-0.1, -0.05) is 6.92 Å². The average molecular weight is 236 g/mol. The van der Waals surface area contributed by atoms with E-state index < -0.39 is 0 Å². The van der Waals surface area contributed by atoms with Crippen molar-refractivity contribution in [1.29, 1.82) is 0 Å². The SMILES string of the molecule is CCc1nc(NC2CCCNC2C)cc(=O)[nH]1. The summed E-state index contributed by atoms with van der Waals surface area (Å²) in [7, 11) is 0. The van der Waals surface area contributed by atoms with Crippen LogP contribution in [0.4, 0.5) is 5.82 Å². The van der Waals surface area contributed by atoms with Crippen molar-refractivity contribution < 1.29 is 0 Å². The molecule has 1 saturated heterocycles. The first kappa shape index (κ1) is 12.1. The number of nitrogens with zero attached hydrogens (tertiary/aromatic N) is 1. The summed E-state index contributed by atoms with van der Waals surface area (Å²) in [6.07, 6.45) is 3.01. The van der Waals surface area contributed by atoms with Gasteiger partial charge in [0.15, 0.2) is 0 Å². The quantitative estimate of drug-likeness (QED) is 0.729. The third-order valence-corrected chi connectivity index (χ3v) is 3.22. The lowest BCUT2D eigenvalue weighted by atomic mass is 10.00. The van der Waals surface area contributed by atoms with Gasteiger partial charge in [0.05, 0.1) is 0 Å². The Morgan fingerprint density at radius 3 is 3.12 bits per heavy atom. The number of aryl methyl sites for hydroxylation is 1.